The summed E-state index contributed by atoms with van der Waals surface area (Å²) in [5, 5.41) is 2.30. The van der Waals surface area contributed by atoms with Crippen LogP contribution in [-0.4, -0.2) is 59.7 Å². The van der Waals surface area contributed by atoms with Crippen molar-refractivity contribution in [3.05, 3.63) is 64.5 Å². The fourth-order valence-electron chi connectivity index (χ4n) is 5.08. The molecule has 2 aromatic rings. The number of anilines is 1. The van der Waals surface area contributed by atoms with Crippen LogP contribution in [0, 0.1) is 18.2 Å². The highest BCUT2D eigenvalue weighted by Gasteiger charge is 2.41. The van der Waals surface area contributed by atoms with Crippen LogP contribution in [0.25, 0.3) is 0 Å². The summed E-state index contributed by atoms with van der Waals surface area (Å²) in [5.74, 6) is 1.09. The molecule has 3 heterocycles. The van der Waals surface area contributed by atoms with E-state index in [0.29, 0.717) is 24.3 Å². The highest BCUT2D eigenvalue weighted by molar-refractivity contribution is 6.06. The molecule has 5 rings (SSSR count). The summed E-state index contributed by atoms with van der Waals surface area (Å²) in [6.07, 6.45) is 6.09. The number of hydrogen-bond donors (Lipinski definition) is 1. The molecule has 1 atom stereocenters. The molecule has 3 aliphatic heterocycles. The van der Waals surface area contributed by atoms with Gasteiger partial charge in [0.15, 0.2) is 0 Å². The minimum absolute atomic E-state index is 0.183. The number of benzene rings is 2. The molecule has 1 N–H and O–H groups in total. The van der Waals surface area contributed by atoms with E-state index >= 15 is 0 Å². The predicted molar refractivity (Wildman–Crippen MR) is 124 cm³/mol. The molecule has 0 bridgehead atoms. The van der Waals surface area contributed by atoms with Crippen molar-refractivity contribution in [2.24, 2.45) is 0 Å². The highest BCUT2D eigenvalue weighted by Crippen LogP contribution is 2.35. The monoisotopic (exact) mass is 460 g/mol. The lowest BCUT2D eigenvalue weighted by molar-refractivity contribution is -0.136. The van der Waals surface area contributed by atoms with Crippen LogP contribution in [0.5, 0.6) is 0 Å². The summed E-state index contributed by atoms with van der Waals surface area (Å²) in [4.78, 5) is 42.8. The topological polar surface area (TPSA) is 73.0 Å². The maximum Gasteiger partial charge on any atom is 0.255 e. The molecule has 1 unspecified atom stereocenters. The number of imide groups is 1. The first-order valence-electron chi connectivity index (χ1n) is 11.4. The Morgan fingerprint density at radius 3 is 2.59 bits per heavy atom. The Morgan fingerprint density at radius 1 is 1.09 bits per heavy atom. The Labute approximate surface area is 197 Å². The van der Waals surface area contributed by atoms with Gasteiger partial charge in [0.1, 0.15) is 11.9 Å². The van der Waals surface area contributed by atoms with Crippen molar-refractivity contribution in [1.29, 1.82) is 0 Å². The SMILES string of the molecule is C#Cc1ccccc1CN1CCN(c2cc(F)cc3c2CN(C2CCC(=O)NC2=O)C3=O)CC1. The molecule has 0 spiro atoms. The number of hydrogen-bond acceptors (Lipinski definition) is 5. The summed E-state index contributed by atoms with van der Waals surface area (Å²) < 4.78 is 14.5. The molecule has 0 saturated carbocycles. The standard InChI is InChI=1S/C26H25FN4O3/c1-2-17-5-3-4-6-18(17)15-29-9-11-30(12-10-29)23-14-19(27)13-20-21(23)16-31(26(20)34)22-7-8-24(32)28-25(22)33/h1,3-6,13-14,22H,7-12,15-16H2,(H,28,32,33). The van der Waals surface area contributed by atoms with Crippen LogP contribution in [0.4, 0.5) is 10.1 Å². The van der Waals surface area contributed by atoms with Crippen molar-refractivity contribution in [1.82, 2.24) is 15.1 Å². The molecule has 34 heavy (non-hydrogen) atoms. The van der Waals surface area contributed by atoms with Crippen molar-refractivity contribution in [2.45, 2.75) is 32.0 Å². The van der Waals surface area contributed by atoms with E-state index < -0.39 is 17.8 Å². The van der Waals surface area contributed by atoms with Gasteiger partial charge in [0.25, 0.3) is 5.91 Å². The Morgan fingerprint density at radius 2 is 1.85 bits per heavy atom. The average molecular weight is 461 g/mol. The van der Waals surface area contributed by atoms with Crippen LogP contribution >= 0.6 is 0 Å². The van der Waals surface area contributed by atoms with Gasteiger partial charge in [0, 0.05) is 68.1 Å². The van der Waals surface area contributed by atoms with E-state index in [0.717, 1.165) is 36.3 Å². The number of halogens is 1. The van der Waals surface area contributed by atoms with Gasteiger partial charge < -0.3 is 9.80 Å². The normalized spacial score (nSPS) is 20.8. The third-order valence-corrected chi connectivity index (χ3v) is 6.88. The Bertz CT molecular complexity index is 1210. The minimum atomic E-state index is -0.721. The number of amides is 3. The molecule has 3 amide bonds. The molecular weight excluding hydrogens is 435 g/mol. The molecule has 0 aromatic heterocycles. The molecule has 2 aromatic carbocycles. The van der Waals surface area contributed by atoms with Gasteiger partial charge in [-0.05, 0) is 30.2 Å². The van der Waals surface area contributed by atoms with Crippen LogP contribution in [0.2, 0.25) is 0 Å². The van der Waals surface area contributed by atoms with E-state index in [9.17, 15) is 18.8 Å². The lowest BCUT2D eigenvalue weighted by Crippen LogP contribution is -2.52. The number of piperazine rings is 1. The van der Waals surface area contributed by atoms with Crippen LogP contribution in [0.3, 0.4) is 0 Å². The number of nitrogens with zero attached hydrogens (tertiary/aromatic N) is 3. The average Bonchev–Trinajstić information content (AvgIpc) is 3.15. The lowest BCUT2D eigenvalue weighted by atomic mass is 10.0. The quantitative estimate of drug-likeness (QED) is 0.557. The van der Waals surface area contributed by atoms with Crippen molar-refractivity contribution in [3.8, 4) is 12.3 Å². The van der Waals surface area contributed by atoms with Crippen molar-refractivity contribution in [2.75, 3.05) is 31.1 Å². The van der Waals surface area contributed by atoms with Gasteiger partial charge in [-0.25, -0.2) is 4.39 Å². The van der Waals surface area contributed by atoms with Crippen molar-refractivity contribution >= 4 is 23.4 Å². The lowest BCUT2D eigenvalue weighted by Gasteiger charge is -2.37. The zero-order chi connectivity index (χ0) is 23.8. The highest BCUT2D eigenvalue weighted by atomic mass is 19.1. The number of nitrogens with one attached hydrogen (secondary N) is 1. The van der Waals surface area contributed by atoms with E-state index in [4.69, 9.17) is 6.42 Å². The summed E-state index contributed by atoms with van der Waals surface area (Å²) in [7, 11) is 0. The number of terminal acetylenes is 1. The molecule has 0 radical (unpaired) electrons. The number of rotatable bonds is 4. The van der Waals surface area contributed by atoms with E-state index in [2.05, 4.69) is 21.0 Å². The van der Waals surface area contributed by atoms with Crippen LogP contribution in [-0.2, 0) is 22.7 Å². The van der Waals surface area contributed by atoms with Gasteiger partial charge in [-0.2, -0.15) is 0 Å². The number of carbonyl (C=O) groups is 3. The first-order chi connectivity index (χ1) is 16.4. The van der Waals surface area contributed by atoms with Crippen LogP contribution < -0.4 is 10.2 Å². The van der Waals surface area contributed by atoms with Gasteiger partial charge in [0.2, 0.25) is 11.8 Å². The maximum atomic E-state index is 14.5. The Hall–Kier alpha value is -3.70. The molecule has 3 aliphatic rings. The summed E-state index contributed by atoms with van der Waals surface area (Å²) >= 11 is 0. The van der Waals surface area contributed by atoms with Crippen molar-refractivity contribution < 1.29 is 18.8 Å². The second-order valence-electron chi connectivity index (χ2n) is 8.92. The van der Waals surface area contributed by atoms with Crippen LogP contribution in [0.15, 0.2) is 36.4 Å². The van der Waals surface area contributed by atoms with E-state index in [1.807, 2.05) is 24.3 Å². The second-order valence-corrected chi connectivity index (χ2v) is 8.92. The van der Waals surface area contributed by atoms with Gasteiger partial charge in [-0.3, -0.25) is 24.6 Å². The van der Waals surface area contributed by atoms with E-state index in [1.165, 1.54) is 17.0 Å². The molecule has 174 valence electrons. The van der Waals surface area contributed by atoms with Gasteiger partial charge in [-0.1, -0.05) is 24.1 Å². The first kappa shape index (κ1) is 22.1. The molecule has 2 saturated heterocycles. The number of fused-ring (bicyclic) bond motifs is 1. The first-order valence-corrected chi connectivity index (χ1v) is 11.4. The van der Waals surface area contributed by atoms with Crippen molar-refractivity contribution in [3.63, 3.8) is 0 Å². The fraction of sp³-hybridized carbons (Fsp3) is 0.346. The number of carbonyl (C=O) groups excluding carboxylic acids is 3. The Balaban J connectivity index is 1.32. The second kappa shape index (κ2) is 8.92. The maximum absolute atomic E-state index is 14.5. The van der Waals surface area contributed by atoms with Gasteiger partial charge in [-0.15, -0.1) is 6.42 Å². The third kappa shape index (κ3) is 4.03. The Kier molecular flexibility index (Phi) is 5.80. The third-order valence-electron chi connectivity index (χ3n) is 6.88. The predicted octanol–water partition coefficient (Wildman–Crippen LogP) is 1.89. The summed E-state index contributed by atoms with van der Waals surface area (Å²) in [5.41, 5.74) is 3.73. The van der Waals surface area contributed by atoms with E-state index in [1.54, 1.807) is 0 Å². The molecular formula is C26H25FN4O3. The van der Waals surface area contributed by atoms with Gasteiger partial charge >= 0.3 is 0 Å². The smallest absolute Gasteiger partial charge is 0.255 e. The molecule has 0 aliphatic carbocycles. The summed E-state index contributed by atoms with van der Waals surface area (Å²) in [6.45, 7) is 3.88. The van der Waals surface area contributed by atoms with Crippen LogP contribution in [0.1, 0.15) is 39.9 Å². The van der Waals surface area contributed by atoms with E-state index in [-0.39, 0.29) is 31.2 Å². The zero-order valence-electron chi connectivity index (χ0n) is 18.7. The fourth-order valence-corrected chi connectivity index (χ4v) is 5.08. The molecule has 8 heteroatoms. The zero-order valence-corrected chi connectivity index (χ0v) is 18.7. The minimum Gasteiger partial charge on any atom is -0.369 e. The number of piperidine rings is 1. The van der Waals surface area contributed by atoms with Gasteiger partial charge in [0.05, 0.1) is 0 Å². The molecule has 7 nitrogen and oxygen atoms in total. The largest absolute Gasteiger partial charge is 0.369 e. The molecule has 2 fully saturated rings. The summed E-state index contributed by atoms with van der Waals surface area (Å²) in [6, 6.07) is 9.89.